The zero-order valence-electron chi connectivity index (χ0n) is 8.51. The molecular formula is C10H11N3O2. The average molecular weight is 205 g/mol. The first-order valence-electron chi connectivity index (χ1n) is 4.62. The highest BCUT2D eigenvalue weighted by Crippen LogP contribution is 2.15. The summed E-state index contributed by atoms with van der Waals surface area (Å²) in [6.07, 6.45) is 3.55. The molecule has 0 amide bonds. The van der Waals surface area contributed by atoms with Crippen molar-refractivity contribution >= 4 is 11.6 Å². The van der Waals surface area contributed by atoms with Crippen molar-refractivity contribution in [3.63, 3.8) is 0 Å². The first kappa shape index (κ1) is 9.64. The Morgan fingerprint density at radius 2 is 2.33 bits per heavy atom. The molecule has 15 heavy (non-hydrogen) atoms. The molecule has 0 aliphatic rings. The van der Waals surface area contributed by atoms with Crippen molar-refractivity contribution in [2.24, 2.45) is 0 Å². The van der Waals surface area contributed by atoms with Crippen LogP contribution >= 0.6 is 0 Å². The van der Waals surface area contributed by atoms with Gasteiger partial charge in [-0.3, -0.25) is 4.79 Å². The Morgan fingerprint density at radius 1 is 1.60 bits per heavy atom. The van der Waals surface area contributed by atoms with Crippen LogP contribution in [0.5, 0.6) is 0 Å². The molecule has 0 aliphatic heterocycles. The van der Waals surface area contributed by atoms with Gasteiger partial charge in [-0.1, -0.05) is 0 Å². The Labute approximate surface area is 86.4 Å². The molecule has 5 nitrogen and oxygen atoms in total. The van der Waals surface area contributed by atoms with Gasteiger partial charge in [0, 0.05) is 18.5 Å². The number of carboxylic acids is 1. The Hall–Kier alpha value is -1.91. The van der Waals surface area contributed by atoms with Crippen LogP contribution in [0.4, 0.5) is 0 Å². The molecular weight excluding hydrogens is 194 g/mol. The fraction of sp³-hybridized carbons (Fsp3) is 0.300. The van der Waals surface area contributed by atoms with Gasteiger partial charge in [-0.25, -0.2) is 9.50 Å². The van der Waals surface area contributed by atoms with Crippen LogP contribution < -0.4 is 0 Å². The number of carbonyl (C=O) groups is 1. The second kappa shape index (κ2) is 3.34. The molecule has 0 saturated heterocycles. The third kappa shape index (κ3) is 1.68. The second-order valence-electron chi connectivity index (χ2n) is 3.56. The molecule has 1 atom stereocenters. The molecule has 0 radical (unpaired) electrons. The maximum Gasteiger partial charge on any atom is 0.312 e. The van der Waals surface area contributed by atoms with Crippen molar-refractivity contribution in [2.45, 2.75) is 19.8 Å². The number of aryl methyl sites for hydroxylation is 1. The van der Waals surface area contributed by atoms with Gasteiger partial charge < -0.3 is 5.11 Å². The van der Waals surface area contributed by atoms with Gasteiger partial charge in [0.2, 0.25) is 0 Å². The van der Waals surface area contributed by atoms with E-state index in [0.717, 1.165) is 5.56 Å². The third-order valence-electron chi connectivity index (χ3n) is 2.28. The number of fused-ring (bicyclic) bond motifs is 1. The minimum atomic E-state index is -0.880. The third-order valence-corrected chi connectivity index (χ3v) is 2.28. The van der Waals surface area contributed by atoms with Crippen LogP contribution in [0, 0.1) is 6.92 Å². The largest absolute Gasteiger partial charge is 0.481 e. The predicted molar refractivity (Wildman–Crippen MR) is 53.8 cm³/mol. The lowest BCUT2D eigenvalue weighted by atomic mass is 10.1. The quantitative estimate of drug-likeness (QED) is 0.800. The first-order valence-corrected chi connectivity index (χ1v) is 4.62. The summed E-state index contributed by atoms with van der Waals surface area (Å²) in [4.78, 5) is 14.9. The maximum absolute atomic E-state index is 10.8. The van der Waals surface area contributed by atoms with Gasteiger partial charge >= 0.3 is 5.97 Å². The zero-order chi connectivity index (χ0) is 11.0. The molecule has 0 bridgehead atoms. The topological polar surface area (TPSA) is 67.5 Å². The van der Waals surface area contributed by atoms with Gasteiger partial charge in [-0.15, -0.1) is 0 Å². The second-order valence-corrected chi connectivity index (χ2v) is 3.56. The molecule has 1 unspecified atom stereocenters. The summed E-state index contributed by atoms with van der Waals surface area (Å²) < 4.78 is 1.60. The lowest BCUT2D eigenvalue weighted by molar-refractivity contribution is -0.138. The van der Waals surface area contributed by atoms with E-state index in [2.05, 4.69) is 10.1 Å². The lowest BCUT2D eigenvalue weighted by Crippen LogP contribution is -2.07. The highest BCUT2D eigenvalue weighted by molar-refractivity contribution is 5.75. The van der Waals surface area contributed by atoms with Gasteiger partial charge in [0.05, 0.1) is 11.6 Å². The van der Waals surface area contributed by atoms with Crippen LogP contribution in [0.2, 0.25) is 0 Å². The first-order chi connectivity index (χ1) is 7.08. The van der Waals surface area contributed by atoms with Crippen LogP contribution in [0.1, 0.15) is 24.1 Å². The highest BCUT2D eigenvalue weighted by Gasteiger charge is 2.17. The van der Waals surface area contributed by atoms with Crippen LogP contribution in [-0.2, 0) is 4.79 Å². The smallest absolute Gasteiger partial charge is 0.312 e. The molecule has 2 aromatic rings. The van der Waals surface area contributed by atoms with Gasteiger partial charge in [0.15, 0.2) is 5.65 Å². The summed E-state index contributed by atoms with van der Waals surface area (Å²) in [7, 11) is 0. The molecule has 0 aliphatic carbocycles. The fourth-order valence-corrected chi connectivity index (χ4v) is 1.33. The minimum Gasteiger partial charge on any atom is -0.481 e. The Morgan fingerprint density at radius 3 is 3.00 bits per heavy atom. The van der Waals surface area contributed by atoms with Crippen molar-refractivity contribution < 1.29 is 9.90 Å². The van der Waals surface area contributed by atoms with E-state index in [4.69, 9.17) is 5.11 Å². The number of aromatic nitrogens is 3. The summed E-state index contributed by atoms with van der Waals surface area (Å²) in [5, 5.41) is 13.0. The number of carboxylic acid groups (broad SMARTS) is 1. The van der Waals surface area contributed by atoms with Crippen LogP contribution in [0.25, 0.3) is 5.65 Å². The highest BCUT2D eigenvalue weighted by atomic mass is 16.4. The average Bonchev–Trinajstić information content (AvgIpc) is 2.58. The molecule has 78 valence electrons. The maximum atomic E-state index is 10.8. The van der Waals surface area contributed by atoms with E-state index < -0.39 is 11.9 Å². The van der Waals surface area contributed by atoms with E-state index >= 15 is 0 Å². The normalized spacial score (nSPS) is 12.9. The van der Waals surface area contributed by atoms with Gasteiger partial charge in [-0.2, -0.15) is 5.10 Å². The Kier molecular flexibility index (Phi) is 2.15. The van der Waals surface area contributed by atoms with Gasteiger partial charge in [0.1, 0.15) is 0 Å². The van der Waals surface area contributed by atoms with E-state index in [0.29, 0.717) is 11.3 Å². The van der Waals surface area contributed by atoms with Gasteiger partial charge in [0.25, 0.3) is 0 Å². The number of aliphatic carboxylic acids is 1. The number of nitrogens with zero attached hydrogens (tertiary/aromatic N) is 3. The molecule has 5 heteroatoms. The van der Waals surface area contributed by atoms with Gasteiger partial charge in [-0.05, 0) is 19.4 Å². The lowest BCUT2D eigenvalue weighted by Gasteiger charge is -1.98. The SMILES string of the molecule is Cc1cnc2cc(C(C)C(=O)O)nn2c1. The van der Waals surface area contributed by atoms with Crippen molar-refractivity contribution in [3.8, 4) is 0 Å². The predicted octanol–water partition coefficient (Wildman–Crippen LogP) is 1.23. The van der Waals surface area contributed by atoms with Crippen LogP contribution in [0.15, 0.2) is 18.5 Å². The standard InChI is InChI=1S/C10H11N3O2/c1-6-4-11-9-3-8(7(2)10(14)15)12-13(9)5-6/h3-5,7H,1-2H3,(H,14,15). The Bertz CT molecular complexity index is 518. The summed E-state index contributed by atoms with van der Waals surface area (Å²) >= 11 is 0. The van der Waals surface area contributed by atoms with E-state index in [-0.39, 0.29) is 0 Å². The summed E-state index contributed by atoms with van der Waals surface area (Å²) in [6, 6.07) is 1.69. The minimum absolute atomic E-state index is 0.528. The summed E-state index contributed by atoms with van der Waals surface area (Å²) in [6.45, 7) is 3.52. The van der Waals surface area contributed by atoms with Crippen LogP contribution in [-0.4, -0.2) is 25.7 Å². The molecule has 1 N–H and O–H groups in total. The number of rotatable bonds is 2. The van der Waals surface area contributed by atoms with E-state index in [1.165, 1.54) is 0 Å². The molecule has 0 aromatic carbocycles. The molecule has 2 heterocycles. The van der Waals surface area contributed by atoms with Crippen molar-refractivity contribution in [2.75, 3.05) is 0 Å². The Balaban J connectivity index is 2.51. The molecule has 2 rings (SSSR count). The molecule has 0 fully saturated rings. The summed E-state index contributed by atoms with van der Waals surface area (Å²) in [5.74, 6) is -1.48. The fourth-order valence-electron chi connectivity index (χ4n) is 1.33. The van der Waals surface area contributed by atoms with Crippen molar-refractivity contribution in [1.82, 2.24) is 14.6 Å². The van der Waals surface area contributed by atoms with Crippen LogP contribution in [0.3, 0.4) is 0 Å². The number of hydrogen-bond donors (Lipinski definition) is 1. The van der Waals surface area contributed by atoms with E-state index in [9.17, 15) is 4.79 Å². The molecule has 2 aromatic heterocycles. The number of hydrogen-bond acceptors (Lipinski definition) is 3. The van der Waals surface area contributed by atoms with Crippen molar-refractivity contribution in [3.05, 3.63) is 29.7 Å². The van der Waals surface area contributed by atoms with E-state index in [1.54, 1.807) is 23.7 Å². The zero-order valence-corrected chi connectivity index (χ0v) is 8.51. The summed E-state index contributed by atoms with van der Waals surface area (Å²) in [5.41, 5.74) is 2.18. The molecule has 0 spiro atoms. The van der Waals surface area contributed by atoms with E-state index in [1.807, 2.05) is 13.1 Å². The molecule has 0 saturated carbocycles. The monoisotopic (exact) mass is 205 g/mol. The van der Waals surface area contributed by atoms with Crippen molar-refractivity contribution in [1.29, 1.82) is 0 Å².